The van der Waals surface area contributed by atoms with E-state index in [2.05, 4.69) is 15.0 Å². The first-order valence-electron chi connectivity index (χ1n) is 6.97. The summed E-state index contributed by atoms with van der Waals surface area (Å²) >= 11 is 11.6. The van der Waals surface area contributed by atoms with Crippen LogP contribution in [0.1, 0.15) is 19.8 Å². The number of carbonyl (C=O) groups is 1. The molecule has 3 heterocycles. The maximum atomic E-state index is 14.1. The molecule has 1 saturated heterocycles. The van der Waals surface area contributed by atoms with Gasteiger partial charge < -0.3 is 10.0 Å². The highest BCUT2D eigenvalue weighted by molar-refractivity contribution is 6.30. The number of piperidine rings is 1. The molecule has 0 amide bonds. The Labute approximate surface area is 141 Å². The highest BCUT2D eigenvalue weighted by atomic mass is 35.5. The van der Waals surface area contributed by atoms with Crippen LogP contribution in [-0.2, 0) is 4.79 Å². The Hall–Kier alpha value is -1.73. The summed E-state index contributed by atoms with van der Waals surface area (Å²) in [5, 5.41) is 9.36. The lowest BCUT2D eigenvalue weighted by atomic mass is 9.82. The van der Waals surface area contributed by atoms with Gasteiger partial charge in [0.05, 0.1) is 10.8 Å². The Morgan fingerprint density at radius 2 is 2.17 bits per heavy atom. The molecule has 2 aromatic heterocycles. The number of halogens is 3. The van der Waals surface area contributed by atoms with Gasteiger partial charge in [0.25, 0.3) is 0 Å². The second-order valence-electron chi connectivity index (χ2n) is 5.83. The lowest BCUT2D eigenvalue weighted by molar-refractivity contribution is -0.148. The molecule has 6 nitrogen and oxygen atoms in total. The molecule has 0 spiro atoms. The zero-order chi connectivity index (χ0) is 16.8. The van der Waals surface area contributed by atoms with Crippen LogP contribution in [0.25, 0.3) is 10.9 Å². The number of carboxylic acid groups (broad SMARTS) is 1. The van der Waals surface area contributed by atoms with Gasteiger partial charge in [0.1, 0.15) is 11.3 Å². The van der Waals surface area contributed by atoms with Crippen LogP contribution in [0, 0.1) is 11.2 Å². The summed E-state index contributed by atoms with van der Waals surface area (Å²) in [5.41, 5.74) is -0.928. The maximum Gasteiger partial charge on any atom is 0.311 e. The highest BCUT2D eigenvalue weighted by Gasteiger charge is 2.39. The fourth-order valence-corrected chi connectivity index (χ4v) is 3.13. The molecule has 1 aliphatic rings. The molecule has 0 bridgehead atoms. The zero-order valence-corrected chi connectivity index (χ0v) is 13.7. The first-order chi connectivity index (χ1) is 10.8. The van der Waals surface area contributed by atoms with Crippen LogP contribution >= 0.6 is 23.2 Å². The van der Waals surface area contributed by atoms with E-state index in [-0.39, 0.29) is 22.5 Å². The largest absolute Gasteiger partial charge is 0.481 e. The van der Waals surface area contributed by atoms with Crippen molar-refractivity contribution < 1.29 is 14.3 Å². The van der Waals surface area contributed by atoms with Gasteiger partial charge in [-0.3, -0.25) is 4.79 Å². The van der Waals surface area contributed by atoms with Crippen molar-refractivity contribution >= 4 is 45.9 Å². The Morgan fingerprint density at radius 1 is 1.43 bits per heavy atom. The van der Waals surface area contributed by atoms with E-state index >= 15 is 0 Å². The molecule has 3 rings (SSSR count). The number of pyridine rings is 1. The minimum atomic E-state index is -0.902. The number of hydrogen-bond acceptors (Lipinski definition) is 5. The first kappa shape index (κ1) is 16.1. The Bertz CT molecular complexity index is 804. The molecule has 1 unspecified atom stereocenters. The number of aromatic nitrogens is 3. The van der Waals surface area contributed by atoms with Crippen molar-refractivity contribution in [2.24, 2.45) is 5.41 Å². The Balaban J connectivity index is 2.13. The summed E-state index contributed by atoms with van der Waals surface area (Å²) in [6, 6.07) is 0. The number of hydrogen-bond donors (Lipinski definition) is 1. The standard InChI is InChI=1S/C14H13Cl2FN4O2/c1-14(12(22)23)3-2-4-21(6-14)11-7-5-18-10(15)8(17)9(7)19-13(16)20-11/h5H,2-4,6H2,1H3,(H,22,23). The van der Waals surface area contributed by atoms with Crippen LogP contribution in [0.2, 0.25) is 10.4 Å². The lowest BCUT2D eigenvalue weighted by Gasteiger charge is -2.38. The van der Waals surface area contributed by atoms with Gasteiger partial charge in [-0.05, 0) is 31.4 Å². The second kappa shape index (κ2) is 5.72. The topological polar surface area (TPSA) is 79.2 Å². The monoisotopic (exact) mass is 358 g/mol. The summed E-state index contributed by atoms with van der Waals surface area (Å²) in [7, 11) is 0. The third-order valence-electron chi connectivity index (χ3n) is 4.11. The van der Waals surface area contributed by atoms with Gasteiger partial charge in [-0.1, -0.05) is 11.6 Å². The van der Waals surface area contributed by atoms with Gasteiger partial charge in [0, 0.05) is 19.3 Å². The van der Waals surface area contributed by atoms with Crippen molar-refractivity contribution in [1.82, 2.24) is 15.0 Å². The van der Waals surface area contributed by atoms with E-state index in [1.165, 1.54) is 6.20 Å². The van der Waals surface area contributed by atoms with E-state index in [0.717, 1.165) is 0 Å². The minimum absolute atomic E-state index is 0.0254. The predicted molar refractivity (Wildman–Crippen MR) is 84.5 cm³/mol. The third-order valence-corrected chi connectivity index (χ3v) is 4.54. The van der Waals surface area contributed by atoms with E-state index in [1.807, 2.05) is 0 Å². The molecule has 122 valence electrons. The van der Waals surface area contributed by atoms with Crippen LogP contribution in [0.4, 0.5) is 10.2 Å². The molecule has 0 aromatic carbocycles. The molecule has 0 aliphatic carbocycles. The normalized spacial score (nSPS) is 21.7. The third kappa shape index (κ3) is 2.79. The molecule has 9 heteroatoms. The summed E-state index contributed by atoms with van der Waals surface area (Å²) in [6.45, 7) is 2.52. The van der Waals surface area contributed by atoms with Gasteiger partial charge in [-0.2, -0.15) is 4.98 Å². The molecular formula is C14H13Cl2FN4O2. The Kier molecular flexibility index (Phi) is 4.01. The summed E-state index contributed by atoms with van der Waals surface area (Å²) in [6.07, 6.45) is 2.61. The first-order valence-corrected chi connectivity index (χ1v) is 7.73. The van der Waals surface area contributed by atoms with E-state index < -0.39 is 17.2 Å². The summed E-state index contributed by atoms with van der Waals surface area (Å²) in [4.78, 5) is 25.1. The van der Waals surface area contributed by atoms with Gasteiger partial charge in [-0.25, -0.2) is 14.4 Å². The van der Waals surface area contributed by atoms with E-state index in [4.69, 9.17) is 23.2 Å². The number of carboxylic acids is 1. The van der Waals surface area contributed by atoms with Crippen molar-refractivity contribution in [2.75, 3.05) is 18.0 Å². The molecule has 1 N–H and O–H groups in total. The molecule has 0 saturated carbocycles. The highest BCUT2D eigenvalue weighted by Crippen LogP contribution is 2.35. The fourth-order valence-electron chi connectivity index (χ4n) is 2.83. The van der Waals surface area contributed by atoms with E-state index in [1.54, 1.807) is 11.8 Å². The van der Waals surface area contributed by atoms with Crippen molar-refractivity contribution in [2.45, 2.75) is 19.8 Å². The summed E-state index contributed by atoms with van der Waals surface area (Å²) in [5.74, 6) is -1.28. The maximum absolute atomic E-state index is 14.1. The number of fused-ring (bicyclic) bond motifs is 1. The molecule has 1 fully saturated rings. The zero-order valence-electron chi connectivity index (χ0n) is 12.2. The number of anilines is 1. The quantitative estimate of drug-likeness (QED) is 0.656. The molecular weight excluding hydrogens is 346 g/mol. The van der Waals surface area contributed by atoms with Gasteiger partial charge in [0.2, 0.25) is 5.28 Å². The SMILES string of the molecule is CC1(C(=O)O)CCCN(c2nc(Cl)nc3c(F)c(Cl)ncc23)C1. The predicted octanol–water partition coefficient (Wildman–Crippen LogP) is 3.16. The van der Waals surface area contributed by atoms with E-state index in [9.17, 15) is 14.3 Å². The van der Waals surface area contributed by atoms with E-state index in [0.29, 0.717) is 30.6 Å². The summed E-state index contributed by atoms with van der Waals surface area (Å²) < 4.78 is 14.1. The second-order valence-corrected chi connectivity index (χ2v) is 6.53. The molecule has 0 radical (unpaired) electrons. The lowest BCUT2D eigenvalue weighted by Crippen LogP contribution is -2.46. The molecule has 1 aliphatic heterocycles. The number of rotatable bonds is 2. The van der Waals surface area contributed by atoms with Crippen molar-refractivity contribution in [1.29, 1.82) is 0 Å². The van der Waals surface area contributed by atoms with Gasteiger partial charge in [-0.15, -0.1) is 0 Å². The average molecular weight is 359 g/mol. The van der Waals surface area contributed by atoms with Crippen LogP contribution < -0.4 is 4.90 Å². The minimum Gasteiger partial charge on any atom is -0.481 e. The fraction of sp³-hybridized carbons (Fsp3) is 0.429. The van der Waals surface area contributed by atoms with Gasteiger partial charge in [0.15, 0.2) is 11.0 Å². The number of nitrogens with zero attached hydrogens (tertiary/aromatic N) is 4. The number of aliphatic carboxylic acids is 1. The van der Waals surface area contributed by atoms with Crippen molar-refractivity contribution in [3.05, 3.63) is 22.5 Å². The van der Waals surface area contributed by atoms with Crippen LogP contribution in [0.15, 0.2) is 6.20 Å². The molecule has 1 atom stereocenters. The molecule has 2 aromatic rings. The average Bonchev–Trinajstić information content (AvgIpc) is 2.50. The Morgan fingerprint density at radius 3 is 2.87 bits per heavy atom. The van der Waals surface area contributed by atoms with Crippen LogP contribution in [0.3, 0.4) is 0 Å². The van der Waals surface area contributed by atoms with Crippen LogP contribution in [0.5, 0.6) is 0 Å². The van der Waals surface area contributed by atoms with Crippen molar-refractivity contribution in [3.8, 4) is 0 Å². The molecule has 23 heavy (non-hydrogen) atoms. The van der Waals surface area contributed by atoms with Crippen LogP contribution in [-0.4, -0.2) is 39.1 Å². The smallest absolute Gasteiger partial charge is 0.311 e. The van der Waals surface area contributed by atoms with Gasteiger partial charge >= 0.3 is 5.97 Å². The van der Waals surface area contributed by atoms with Crippen molar-refractivity contribution in [3.63, 3.8) is 0 Å².